The van der Waals surface area contributed by atoms with Gasteiger partial charge in [0.15, 0.2) is 0 Å². The lowest BCUT2D eigenvalue weighted by Crippen LogP contribution is -2.18. The Hall–Kier alpha value is -0.810. The molecule has 0 aromatic heterocycles. The molecule has 1 rings (SSSR count). The number of rotatable bonds is 3. The molecular formula is C9H15NO3S. The second-order valence-electron chi connectivity index (χ2n) is 3.14. The number of allylic oxidation sites excluding steroid dienone is 1. The zero-order chi connectivity index (χ0) is 10.8. The Morgan fingerprint density at radius 1 is 1.71 bits per heavy atom. The molecule has 0 aromatic carbocycles. The van der Waals surface area contributed by atoms with Gasteiger partial charge in [-0.2, -0.15) is 0 Å². The minimum atomic E-state index is -2.32. The summed E-state index contributed by atoms with van der Waals surface area (Å²) in [6.45, 7) is 3.94. The van der Waals surface area contributed by atoms with Gasteiger partial charge in [-0.05, 0) is 13.8 Å². The summed E-state index contributed by atoms with van der Waals surface area (Å²) in [5.41, 5.74) is 0.577. The largest absolute Gasteiger partial charge is 0.493 e. The van der Waals surface area contributed by atoms with E-state index in [1.54, 1.807) is 6.92 Å². The zero-order valence-corrected chi connectivity index (χ0v) is 9.37. The van der Waals surface area contributed by atoms with Gasteiger partial charge in [0.05, 0.1) is 27.8 Å². The molecule has 0 saturated carbocycles. The minimum absolute atomic E-state index is 0.477. The van der Waals surface area contributed by atoms with E-state index >= 15 is 0 Å². The van der Waals surface area contributed by atoms with E-state index in [4.69, 9.17) is 4.74 Å². The van der Waals surface area contributed by atoms with E-state index < -0.39 is 15.8 Å². The van der Waals surface area contributed by atoms with Crippen LogP contribution in [0.1, 0.15) is 13.8 Å². The molecule has 0 saturated heterocycles. The Morgan fingerprint density at radius 3 is 2.86 bits per heavy atom. The van der Waals surface area contributed by atoms with E-state index in [1.807, 2.05) is 6.92 Å². The molecule has 0 fully saturated rings. The van der Waals surface area contributed by atoms with Gasteiger partial charge in [-0.25, -0.2) is 8.61 Å². The molecule has 1 aliphatic heterocycles. The lowest BCUT2D eigenvalue weighted by molar-refractivity contribution is 0.212. The number of hydrogen-bond acceptors (Lipinski definition) is 3. The van der Waals surface area contributed by atoms with Gasteiger partial charge >= 0.3 is 0 Å². The maximum Gasteiger partial charge on any atom is 0.136 e. The normalized spacial score (nSPS) is 28.6. The van der Waals surface area contributed by atoms with Gasteiger partial charge in [0.25, 0.3) is 0 Å². The molecule has 2 atom stereocenters. The van der Waals surface area contributed by atoms with E-state index in [0.717, 1.165) is 0 Å². The molecule has 80 valence electrons. The first-order valence-electron chi connectivity index (χ1n) is 4.40. The molecule has 5 heteroatoms. The molecule has 14 heavy (non-hydrogen) atoms. The van der Waals surface area contributed by atoms with E-state index in [1.165, 1.54) is 17.8 Å². The Kier molecular flexibility index (Phi) is 3.34. The van der Waals surface area contributed by atoms with Gasteiger partial charge < -0.3 is 9.84 Å². The summed E-state index contributed by atoms with van der Waals surface area (Å²) < 4.78 is 20.7. The summed E-state index contributed by atoms with van der Waals surface area (Å²) in [6, 6.07) is 0. The fourth-order valence-electron chi connectivity index (χ4n) is 1.11. The van der Waals surface area contributed by atoms with Gasteiger partial charge in [0.1, 0.15) is 5.76 Å². The number of aliphatic hydroxyl groups excluding tert-OH is 1. The average Bonchev–Trinajstić information content (AvgIpc) is 2.02. The lowest BCUT2D eigenvalue weighted by atomic mass is 10.1. The van der Waals surface area contributed by atoms with Crippen molar-refractivity contribution in [3.63, 3.8) is 0 Å². The van der Waals surface area contributed by atoms with Crippen LogP contribution in [0.15, 0.2) is 15.7 Å². The van der Waals surface area contributed by atoms with E-state index in [2.05, 4.69) is 4.40 Å². The molecule has 0 amide bonds. The van der Waals surface area contributed by atoms with Crippen molar-refractivity contribution in [2.75, 3.05) is 12.9 Å². The van der Waals surface area contributed by atoms with Crippen molar-refractivity contribution >= 4 is 21.3 Å². The molecule has 0 aliphatic carbocycles. The van der Waals surface area contributed by atoms with Crippen LogP contribution >= 0.6 is 0 Å². The van der Waals surface area contributed by atoms with Gasteiger partial charge in [-0.3, -0.25) is 0 Å². The number of nitrogens with zero attached hydrogens (tertiary/aromatic N) is 1. The quantitative estimate of drug-likeness (QED) is 0.695. The third-order valence-corrected chi connectivity index (χ3v) is 2.94. The Balaban J connectivity index is 3.16. The van der Waals surface area contributed by atoms with E-state index in [9.17, 15) is 9.32 Å². The summed E-state index contributed by atoms with van der Waals surface area (Å²) in [5, 5.41) is 10.9. The fourth-order valence-corrected chi connectivity index (χ4v) is 2.09. The van der Waals surface area contributed by atoms with Crippen LogP contribution < -0.4 is 0 Å². The number of hydrogen-bond donors (Lipinski definition) is 1. The zero-order valence-electron chi connectivity index (χ0n) is 8.56. The van der Waals surface area contributed by atoms with Crippen molar-refractivity contribution < 1.29 is 14.1 Å². The highest BCUT2D eigenvalue weighted by Gasteiger charge is 2.15. The molecule has 0 spiro atoms. The van der Waals surface area contributed by atoms with Crippen LogP contribution in [0, 0.1) is 0 Å². The third-order valence-electron chi connectivity index (χ3n) is 1.76. The van der Waals surface area contributed by atoms with Crippen molar-refractivity contribution in [3.05, 3.63) is 11.3 Å². The van der Waals surface area contributed by atoms with Gasteiger partial charge in [-0.1, -0.05) is 0 Å². The van der Waals surface area contributed by atoms with Crippen molar-refractivity contribution in [1.29, 1.82) is 0 Å². The van der Waals surface area contributed by atoms with Crippen molar-refractivity contribution in [2.45, 2.75) is 20.0 Å². The summed E-state index contributed by atoms with van der Waals surface area (Å²) in [7, 11) is -2.32. The molecule has 0 bridgehead atoms. The summed E-state index contributed by atoms with van der Waals surface area (Å²) in [4.78, 5) is 0. The van der Waals surface area contributed by atoms with Crippen molar-refractivity contribution in [3.8, 4) is 0 Å². The molecule has 1 heterocycles. The maximum atomic E-state index is 11.6. The summed E-state index contributed by atoms with van der Waals surface area (Å²) in [5.74, 6) is 0.477. The van der Waals surface area contributed by atoms with E-state index in [-0.39, 0.29) is 0 Å². The average molecular weight is 217 g/mol. The van der Waals surface area contributed by atoms with Crippen LogP contribution in [0.5, 0.6) is 0 Å². The summed E-state index contributed by atoms with van der Waals surface area (Å²) >= 11 is 0. The maximum absolute atomic E-state index is 11.6. The SMILES string of the molecule is CCOC1=C(C(C)O)C=NS(C)(=O)=C1. The first-order valence-corrected chi connectivity index (χ1v) is 6.39. The topological polar surface area (TPSA) is 58.9 Å². The Labute approximate surface area is 84.4 Å². The summed E-state index contributed by atoms with van der Waals surface area (Å²) in [6.07, 6.45) is 2.30. The molecule has 4 nitrogen and oxygen atoms in total. The highest BCUT2D eigenvalue weighted by atomic mass is 32.2. The highest BCUT2D eigenvalue weighted by molar-refractivity contribution is 7.99. The fraction of sp³-hybridized carbons (Fsp3) is 0.556. The van der Waals surface area contributed by atoms with Crippen LogP contribution in [0.4, 0.5) is 0 Å². The van der Waals surface area contributed by atoms with Crippen molar-refractivity contribution in [1.82, 2.24) is 0 Å². The minimum Gasteiger partial charge on any atom is -0.493 e. The highest BCUT2D eigenvalue weighted by Crippen LogP contribution is 2.13. The van der Waals surface area contributed by atoms with Crippen LogP contribution in [-0.2, 0) is 14.4 Å². The molecule has 2 unspecified atom stereocenters. The molecule has 0 radical (unpaired) electrons. The molecule has 1 aliphatic rings. The Bertz CT molecular complexity index is 387. The standard InChI is InChI=1S/C9H15NO3S/c1-4-13-9-6-14(3,12)10-5-8(9)7(2)11/h5-7,11H,4H2,1-3H3. The molecular weight excluding hydrogens is 202 g/mol. The first kappa shape index (κ1) is 11.3. The second-order valence-corrected chi connectivity index (χ2v) is 5.31. The monoisotopic (exact) mass is 217 g/mol. The number of ether oxygens (including phenoxy) is 1. The van der Waals surface area contributed by atoms with Gasteiger partial charge in [-0.15, -0.1) is 0 Å². The van der Waals surface area contributed by atoms with Crippen LogP contribution in [-0.4, -0.2) is 39.9 Å². The lowest BCUT2D eigenvalue weighted by Gasteiger charge is -2.15. The predicted octanol–water partition coefficient (Wildman–Crippen LogP) is 0.374. The predicted molar refractivity (Wildman–Crippen MR) is 59.0 cm³/mol. The smallest absolute Gasteiger partial charge is 0.136 e. The Morgan fingerprint density at radius 2 is 2.36 bits per heavy atom. The van der Waals surface area contributed by atoms with Crippen LogP contribution in [0.3, 0.4) is 0 Å². The van der Waals surface area contributed by atoms with Gasteiger partial charge in [0.2, 0.25) is 0 Å². The number of aliphatic hydroxyl groups is 1. The van der Waals surface area contributed by atoms with Crippen molar-refractivity contribution in [2.24, 2.45) is 4.40 Å². The van der Waals surface area contributed by atoms with Crippen LogP contribution in [0.2, 0.25) is 0 Å². The molecule has 0 aromatic rings. The first-order chi connectivity index (χ1) is 6.46. The third kappa shape index (κ3) is 2.59. The van der Waals surface area contributed by atoms with Gasteiger partial charge in [0, 0.05) is 18.0 Å². The van der Waals surface area contributed by atoms with Crippen LogP contribution in [0.25, 0.3) is 0 Å². The second kappa shape index (κ2) is 4.14. The van der Waals surface area contributed by atoms with E-state index in [0.29, 0.717) is 17.9 Å². The molecule has 1 N–H and O–H groups in total.